The van der Waals surface area contributed by atoms with Crippen molar-refractivity contribution >= 4 is 29.1 Å². The molecule has 1 heterocycles. The quantitative estimate of drug-likeness (QED) is 0.258. The predicted molar refractivity (Wildman–Crippen MR) is 142 cm³/mol. The lowest BCUT2D eigenvalue weighted by Crippen LogP contribution is -2.65. The molecule has 0 radical (unpaired) electrons. The number of primary amides is 1. The fraction of sp³-hybridized carbons (Fsp3) is 0.500. The van der Waals surface area contributed by atoms with Crippen LogP contribution in [0.1, 0.15) is 36.5 Å². The molecule has 0 unspecified atom stereocenters. The van der Waals surface area contributed by atoms with Crippen LogP contribution in [0, 0.1) is 17.7 Å². The lowest BCUT2D eigenvalue weighted by atomic mass is 9.57. The predicted octanol–water partition coefficient (Wildman–Crippen LogP) is -0.186. The van der Waals surface area contributed by atoms with Gasteiger partial charge >= 0.3 is 0 Å². The Hall–Kier alpha value is -3.81. The molecule has 1 saturated carbocycles. The van der Waals surface area contributed by atoms with Crippen molar-refractivity contribution in [1.82, 2.24) is 15.1 Å². The number of likely N-dealkylation sites (N-methyl/N-ethyl adjacent to an activating group) is 1. The molecule has 3 aliphatic carbocycles. The Labute approximate surface area is 234 Å². The number of Topliss-reactive ketones (excluding diaryl/α,β-unsaturated/α-hetero) is 2. The van der Waals surface area contributed by atoms with Gasteiger partial charge in [-0.3, -0.25) is 29.0 Å². The molecule has 5 atom stereocenters. The molecule has 0 bridgehead atoms. The van der Waals surface area contributed by atoms with Gasteiger partial charge in [-0.05, 0) is 45.3 Å². The molecule has 2 fully saturated rings. The van der Waals surface area contributed by atoms with Gasteiger partial charge in [0.25, 0.3) is 5.91 Å². The first kappa shape index (κ1) is 28.7. The molecule has 4 aliphatic rings. The largest absolute Gasteiger partial charge is 0.508 e. The summed E-state index contributed by atoms with van der Waals surface area (Å²) in [4.78, 5) is 53.8. The molecule has 1 saturated heterocycles. The average molecular weight is 573 g/mol. The number of aliphatic hydroxyl groups excluding tert-OH is 2. The number of carbonyl (C=O) groups is 4. The molecule has 0 aromatic heterocycles. The van der Waals surface area contributed by atoms with Crippen LogP contribution in [0.25, 0.3) is 5.76 Å². The summed E-state index contributed by atoms with van der Waals surface area (Å²) in [5, 5.41) is 47.5. The summed E-state index contributed by atoms with van der Waals surface area (Å²) in [6.45, 7) is 2.65. The molecule has 1 aromatic rings. The lowest BCUT2D eigenvalue weighted by Gasteiger charge is -2.50. The Morgan fingerprint density at radius 1 is 1.24 bits per heavy atom. The van der Waals surface area contributed by atoms with Gasteiger partial charge in [0.05, 0.1) is 11.6 Å². The minimum atomic E-state index is -2.75. The Kier molecular flexibility index (Phi) is 6.95. The highest BCUT2D eigenvalue weighted by Crippen LogP contribution is 2.53. The maximum absolute atomic E-state index is 16.0. The SMILES string of the molecule is CC(=O)N[C@@H]1CCN(Cc2cc(O)c3c(c2F)C[C@H]2C[C@H]4[C@H](N(C)C)C(=O)C(C(N)=O)=C(O)[C@@]4(O)C(=O)C2=C3O)C1. The number of likely N-dealkylation sites (tertiary alicyclic amines) is 1. The first-order valence-corrected chi connectivity index (χ1v) is 13.4. The van der Waals surface area contributed by atoms with Crippen LogP contribution in [0.4, 0.5) is 4.39 Å². The van der Waals surface area contributed by atoms with Gasteiger partial charge in [0, 0.05) is 55.2 Å². The van der Waals surface area contributed by atoms with Gasteiger partial charge in [0.1, 0.15) is 28.7 Å². The van der Waals surface area contributed by atoms with Crippen LogP contribution in [-0.2, 0) is 32.1 Å². The Morgan fingerprint density at radius 2 is 1.93 bits per heavy atom. The first-order valence-electron chi connectivity index (χ1n) is 13.4. The molecular formula is C28H33FN4O8. The minimum Gasteiger partial charge on any atom is -0.508 e. The summed E-state index contributed by atoms with van der Waals surface area (Å²) < 4.78 is 16.0. The maximum Gasteiger partial charge on any atom is 0.255 e. The Bertz CT molecular complexity index is 1450. The number of halogens is 1. The number of hydrogen-bond donors (Lipinski definition) is 6. The van der Waals surface area contributed by atoms with E-state index in [0.717, 1.165) is 0 Å². The van der Waals surface area contributed by atoms with Crippen LogP contribution in [0.3, 0.4) is 0 Å². The smallest absolute Gasteiger partial charge is 0.255 e. The summed E-state index contributed by atoms with van der Waals surface area (Å²) >= 11 is 0. The highest BCUT2D eigenvalue weighted by molar-refractivity contribution is 6.24. The third-order valence-electron chi connectivity index (χ3n) is 8.80. The zero-order chi connectivity index (χ0) is 30.1. The minimum absolute atomic E-state index is 0.0109. The second-order valence-electron chi connectivity index (χ2n) is 11.6. The van der Waals surface area contributed by atoms with Crippen molar-refractivity contribution in [1.29, 1.82) is 0 Å². The van der Waals surface area contributed by atoms with Crippen LogP contribution in [0.2, 0.25) is 0 Å². The zero-order valence-electron chi connectivity index (χ0n) is 22.9. The van der Waals surface area contributed by atoms with Crippen molar-refractivity contribution in [2.45, 2.75) is 50.4 Å². The van der Waals surface area contributed by atoms with Crippen molar-refractivity contribution in [2.75, 3.05) is 27.2 Å². The van der Waals surface area contributed by atoms with Gasteiger partial charge in [0.15, 0.2) is 11.4 Å². The summed E-state index contributed by atoms with van der Waals surface area (Å²) in [6, 6.07) is -0.124. The van der Waals surface area contributed by atoms with E-state index in [-0.39, 0.29) is 53.6 Å². The average Bonchev–Trinajstić information content (AvgIpc) is 3.29. The number of aromatic hydroxyl groups is 1. The summed E-state index contributed by atoms with van der Waals surface area (Å²) in [5.41, 5.74) is 1.21. The van der Waals surface area contributed by atoms with E-state index in [4.69, 9.17) is 5.73 Å². The summed E-state index contributed by atoms with van der Waals surface area (Å²) in [7, 11) is 3.01. The molecule has 220 valence electrons. The third kappa shape index (κ3) is 4.30. The number of nitrogens with zero attached hydrogens (tertiary/aromatic N) is 2. The van der Waals surface area contributed by atoms with Gasteiger partial charge in [-0.1, -0.05) is 0 Å². The van der Waals surface area contributed by atoms with E-state index in [1.807, 2.05) is 4.90 Å². The monoisotopic (exact) mass is 572 g/mol. The van der Waals surface area contributed by atoms with Crippen LogP contribution < -0.4 is 11.1 Å². The molecule has 1 aromatic carbocycles. The number of aliphatic hydroxyl groups is 3. The second-order valence-corrected chi connectivity index (χ2v) is 11.6. The topological polar surface area (TPSA) is 194 Å². The molecular weight excluding hydrogens is 539 g/mol. The number of phenolic OH excluding ortho intramolecular Hbond substituents is 1. The number of ketones is 2. The maximum atomic E-state index is 16.0. The Balaban J connectivity index is 1.56. The number of phenols is 1. The van der Waals surface area contributed by atoms with Crippen LogP contribution in [0.15, 0.2) is 23.0 Å². The standard InChI is InChI=1S/C28H33FN4O8/c1-11(34)31-14-4-5-33(10-14)9-13-8-17(35)19-15(21(13)29)6-12-7-16-22(32(2)3)24(37)20(27(30)40)26(39)28(16,41)25(38)18(12)23(19)36/h8,12,14,16,22,35-36,39,41H,4-7,9-10H2,1-3H3,(H2,30,40)(H,31,34)/t12-,14+,16-,22-,28-/m0/s1. The van der Waals surface area contributed by atoms with E-state index in [1.54, 1.807) is 0 Å². The van der Waals surface area contributed by atoms with Crippen molar-refractivity contribution in [3.63, 3.8) is 0 Å². The number of rotatable bonds is 5. The van der Waals surface area contributed by atoms with Crippen LogP contribution in [-0.4, -0.2) is 98.5 Å². The summed E-state index contributed by atoms with van der Waals surface area (Å²) in [6.07, 6.45) is 0.432. The van der Waals surface area contributed by atoms with E-state index in [9.17, 15) is 39.6 Å². The first-order chi connectivity index (χ1) is 19.2. The van der Waals surface area contributed by atoms with E-state index >= 15 is 4.39 Å². The number of carbonyl (C=O) groups excluding carboxylic acids is 4. The molecule has 41 heavy (non-hydrogen) atoms. The normalized spacial score (nSPS) is 29.9. The molecule has 13 heteroatoms. The van der Waals surface area contributed by atoms with Crippen molar-refractivity contribution in [2.24, 2.45) is 17.6 Å². The molecule has 7 N–H and O–H groups in total. The van der Waals surface area contributed by atoms with Crippen molar-refractivity contribution in [3.8, 4) is 5.75 Å². The fourth-order valence-electron chi connectivity index (χ4n) is 7.08. The van der Waals surface area contributed by atoms with Gasteiger partial charge in [-0.15, -0.1) is 0 Å². The van der Waals surface area contributed by atoms with Gasteiger partial charge in [-0.25, -0.2) is 4.39 Å². The van der Waals surface area contributed by atoms with Gasteiger partial charge in [0.2, 0.25) is 11.7 Å². The van der Waals surface area contributed by atoms with E-state index in [0.29, 0.717) is 19.5 Å². The molecule has 12 nitrogen and oxygen atoms in total. The van der Waals surface area contributed by atoms with E-state index in [1.165, 1.54) is 32.0 Å². The van der Waals surface area contributed by atoms with Gasteiger partial charge in [-0.2, -0.15) is 0 Å². The van der Waals surface area contributed by atoms with Crippen molar-refractivity contribution < 1.29 is 44.0 Å². The van der Waals surface area contributed by atoms with E-state index < -0.39 is 69.6 Å². The molecule has 0 spiro atoms. The Morgan fingerprint density at radius 3 is 2.54 bits per heavy atom. The van der Waals surface area contributed by atoms with Crippen LogP contribution >= 0.6 is 0 Å². The third-order valence-corrected chi connectivity index (χ3v) is 8.80. The van der Waals surface area contributed by atoms with Crippen LogP contribution in [0.5, 0.6) is 5.75 Å². The highest BCUT2D eigenvalue weighted by atomic mass is 19.1. The summed E-state index contributed by atoms with van der Waals surface area (Å²) in [5.74, 6) is -8.64. The molecule has 2 amide bonds. The number of benzene rings is 1. The second kappa shape index (κ2) is 9.93. The number of nitrogens with one attached hydrogen (secondary N) is 1. The lowest BCUT2D eigenvalue weighted by molar-refractivity contribution is -0.153. The number of amides is 2. The van der Waals surface area contributed by atoms with Crippen molar-refractivity contribution in [3.05, 3.63) is 45.5 Å². The number of fused-ring (bicyclic) bond motifs is 3. The molecule has 1 aliphatic heterocycles. The van der Waals surface area contributed by atoms with Gasteiger partial charge < -0.3 is 31.5 Å². The van der Waals surface area contributed by atoms with E-state index in [2.05, 4.69) is 5.32 Å². The fourth-order valence-corrected chi connectivity index (χ4v) is 7.08. The number of hydrogen-bond acceptors (Lipinski definition) is 10. The number of nitrogens with two attached hydrogens (primary N) is 1. The zero-order valence-corrected chi connectivity index (χ0v) is 22.9. The molecule has 5 rings (SSSR count). The highest BCUT2D eigenvalue weighted by Gasteiger charge is 2.64.